The molecule has 0 aliphatic carbocycles. The standard InChI is InChI=1S/C17H24N4O2.CH2O2/c1-11-6-13(7-18-12(11)2)8-19-17(23)21-9-14-4-3-5-15(10-21)20-16(14)22;2-1-3/h6-7,14-15H,3-5,8-10H2,1-2H3,(H,19,23)(H,20,22);1H,(H,2,3)/t14-,15+;/m1./s1. The van der Waals surface area contributed by atoms with Gasteiger partial charge in [0.1, 0.15) is 0 Å². The maximum Gasteiger partial charge on any atom is 0.317 e. The molecule has 8 heteroatoms. The Balaban J connectivity index is 0.000000758. The lowest BCUT2D eigenvalue weighted by Gasteiger charge is -2.27. The average molecular weight is 362 g/mol. The molecule has 2 bridgehead atoms. The number of likely N-dealkylation sites (tertiary alicyclic amines) is 1. The zero-order chi connectivity index (χ0) is 19.1. The molecule has 2 fully saturated rings. The van der Waals surface area contributed by atoms with Crippen LogP contribution in [0.3, 0.4) is 0 Å². The van der Waals surface area contributed by atoms with Crippen LogP contribution in [0.15, 0.2) is 12.3 Å². The Morgan fingerprint density at radius 3 is 2.85 bits per heavy atom. The number of urea groups is 1. The summed E-state index contributed by atoms with van der Waals surface area (Å²) < 4.78 is 0. The number of carboxylic acid groups (broad SMARTS) is 1. The number of hydrogen-bond acceptors (Lipinski definition) is 4. The Kier molecular flexibility index (Phi) is 6.94. The summed E-state index contributed by atoms with van der Waals surface area (Å²) in [4.78, 5) is 39.0. The first-order chi connectivity index (χ1) is 12.4. The highest BCUT2D eigenvalue weighted by Crippen LogP contribution is 2.21. The van der Waals surface area contributed by atoms with Gasteiger partial charge in [0.2, 0.25) is 5.91 Å². The van der Waals surface area contributed by atoms with Crippen LogP contribution < -0.4 is 10.6 Å². The molecular weight excluding hydrogens is 336 g/mol. The zero-order valence-corrected chi connectivity index (χ0v) is 15.2. The second-order valence-electron chi connectivity index (χ2n) is 6.75. The van der Waals surface area contributed by atoms with E-state index in [-0.39, 0.29) is 30.4 Å². The SMILES string of the molecule is Cc1cc(CNC(=O)N2C[C@@H]3CCC[C@H](C2)C(=O)N3)cnc1C.O=CO. The molecule has 3 N–H and O–H groups in total. The first-order valence-electron chi connectivity index (χ1n) is 8.77. The molecule has 0 saturated carbocycles. The van der Waals surface area contributed by atoms with Crippen molar-refractivity contribution in [2.75, 3.05) is 13.1 Å². The van der Waals surface area contributed by atoms with Crippen LogP contribution in [-0.2, 0) is 16.1 Å². The Morgan fingerprint density at radius 1 is 1.42 bits per heavy atom. The van der Waals surface area contributed by atoms with Gasteiger partial charge in [-0.25, -0.2) is 4.79 Å². The van der Waals surface area contributed by atoms with Crippen molar-refractivity contribution in [2.45, 2.75) is 45.7 Å². The number of aryl methyl sites for hydroxylation is 2. The third-order valence-corrected chi connectivity index (χ3v) is 4.83. The summed E-state index contributed by atoms with van der Waals surface area (Å²) in [6.45, 7) is 5.30. The number of aromatic nitrogens is 1. The lowest BCUT2D eigenvalue weighted by Crippen LogP contribution is -2.46. The maximum atomic E-state index is 12.5. The van der Waals surface area contributed by atoms with Crippen molar-refractivity contribution in [1.29, 1.82) is 0 Å². The zero-order valence-electron chi connectivity index (χ0n) is 15.2. The van der Waals surface area contributed by atoms with E-state index in [4.69, 9.17) is 9.90 Å². The van der Waals surface area contributed by atoms with E-state index in [1.54, 1.807) is 11.1 Å². The van der Waals surface area contributed by atoms with Gasteiger partial charge in [0, 0.05) is 37.6 Å². The number of nitrogens with one attached hydrogen (secondary N) is 2. The average Bonchev–Trinajstić information content (AvgIpc) is 2.85. The number of carbonyl (C=O) groups is 3. The Hall–Kier alpha value is -2.64. The summed E-state index contributed by atoms with van der Waals surface area (Å²) in [6, 6.07) is 2.03. The van der Waals surface area contributed by atoms with Gasteiger partial charge in [-0.05, 0) is 37.8 Å². The van der Waals surface area contributed by atoms with Crippen molar-refractivity contribution in [3.05, 3.63) is 29.1 Å². The molecule has 0 aromatic carbocycles. The molecular formula is C18H26N4O4. The predicted molar refractivity (Wildman–Crippen MR) is 95.5 cm³/mol. The van der Waals surface area contributed by atoms with Crippen LogP contribution in [0, 0.1) is 19.8 Å². The highest BCUT2D eigenvalue weighted by Gasteiger charge is 2.34. The number of pyridine rings is 1. The molecule has 2 aliphatic heterocycles. The minimum atomic E-state index is -0.250. The largest absolute Gasteiger partial charge is 0.483 e. The lowest BCUT2D eigenvalue weighted by molar-refractivity contribution is -0.125. The number of rotatable bonds is 2. The molecule has 2 aliphatic rings. The van der Waals surface area contributed by atoms with Crippen LogP contribution in [0.25, 0.3) is 0 Å². The molecule has 2 atom stereocenters. The van der Waals surface area contributed by atoms with Crippen molar-refractivity contribution in [3.63, 3.8) is 0 Å². The van der Waals surface area contributed by atoms with Gasteiger partial charge >= 0.3 is 6.03 Å². The van der Waals surface area contributed by atoms with Crippen molar-refractivity contribution in [3.8, 4) is 0 Å². The minimum Gasteiger partial charge on any atom is -0.483 e. The number of fused-ring (bicyclic) bond motifs is 3. The summed E-state index contributed by atoms with van der Waals surface area (Å²) in [7, 11) is 0. The third-order valence-electron chi connectivity index (χ3n) is 4.83. The van der Waals surface area contributed by atoms with Gasteiger partial charge < -0.3 is 20.6 Å². The molecule has 2 saturated heterocycles. The van der Waals surface area contributed by atoms with E-state index in [1.165, 1.54) is 0 Å². The first-order valence-corrected chi connectivity index (χ1v) is 8.77. The number of nitrogens with zero attached hydrogens (tertiary/aromatic N) is 2. The number of amides is 3. The fourth-order valence-electron chi connectivity index (χ4n) is 3.30. The highest BCUT2D eigenvalue weighted by molar-refractivity contribution is 5.82. The van der Waals surface area contributed by atoms with Gasteiger partial charge in [-0.1, -0.05) is 12.5 Å². The van der Waals surface area contributed by atoms with Gasteiger partial charge in [0.05, 0.1) is 5.92 Å². The van der Waals surface area contributed by atoms with E-state index in [2.05, 4.69) is 15.6 Å². The molecule has 0 unspecified atom stereocenters. The highest BCUT2D eigenvalue weighted by atomic mass is 16.3. The molecule has 3 rings (SSSR count). The first kappa shape index (κ1) is 19.7. The minimum absolute atomic E-state index is 0.0727. The van der Waals surface area contributed by atoms with Crippen molar-refractivity contribution < 1.29 is 19.5 Å². The van der Waals surface area contributed by atoms with Crippen molar-refractivity contribution in [1.82, 2.24) is 20.5 Å². The van der Waals surface area contributed by atoms with E-state index in [0.29, 0.717) is 19.6 Å². The van der Waals surface area contributed by atoms with Crippen LogP contribution in [-0.4, -0.2) is 52.5 Å². The Labute approximate surface area is 153 Å². The molecule has 0 radical (unpaired) electrons. The van der Waals surface area contributed by atoms with Gasteiger partial charge in [-0.15, -0.1) is 0 Å². The van der Waals surface area contributed by atoms with Crippen LogP contribution in [0.4, 0.5) is 4.79 Å². The summed E-state index contributed by atoms with van der Waals surface area (Å²) in [6.07, 6.45) is 4.67. The molecule has 0 spiro atoms. The van der Waals surface area contributed by atoms with E-state index in [1.807, 2.05) is 19.9 Å². The summed E-state index contributed by atoms with van der Waals surface area (Å²) >= 11 is 0. The van der Waals surface area contributed by atoms with Crippen LogP contribution in [0.1, 0.15) is 36.1 Å². The summed E-state index contributed by atoms with van der Waals surface area (Å²) in [5, 5.41) is 12.9. The molecule has 142 valence electrons. The normalized spacial score (nSPS) is 21.6. The van der Waals surface area contributed by atoms with E-state index >= 15 is 0 Å². The molecule has 3 amide bonds. The van der Waals surface area contributed by atoms with Gasteiger partial charge in [-0.2, -0.15) is 0 Å². The summed E-state index contributed by atoms with van der Waals surface area (Å²) in [5.41, 5.74) is 3.12. The molecule has 1 aromatic heterocycles. The Bertz CT molecular complexity index is 665. The monoisotopic (exact) mass is 362 g/mol. The van der Waals surface area contributed by atoms with Gasteiger partial charge in [0.15, 0.2) is 0 Å². The second-order valence-corrected chi connectivity index (χ2v) is 6.75. The topological polar surface area (TPSA) is 112 Å². The number of hydrogen-bond donors (Lipinski definition) is 3. The smallest absolute Gasteiger partial charge is 0.317 e. The maximum absolute atomic E-state index is 12.5. The van der Waals surface area contributed by atoms with Gasteiger partial charge in [0.25, 0.3) is 6.47 Å². The quantitative estimate of drug-likeness (QED) is 0.685. The van der Waals surface area contributed by atoms with Crippen LogP contribution in [0.5, 0.6) is 0 Å². The Morgan fingerprint density at radius 2 is 2.15 bits per heavy atom. The summed E-state index contributed by atoms with van der Waals surface area (Å²) in [5.74, 6) is 0.0256. The molecule has 1 aromatic rings. The van der Waals surface area contributed by atoms with Crippen molar-refractivity contribution >= 4 is 18.4 Å². The molecule has 8 nitrogen and oxygen atoms in total. The fourth-order valence-corrected chi connectivity index (χ4v) is 3.30. The van der Waals surface area contributed by atoms with Gasteiger partial charge in [-0.3, -0.25) is 14.6 Å². The van der Waals surface area contributed by atoms with Crippen LogP contribution >= 0.6 is 0 Å². The van der Waals surface area contributed by atoms with E-state index < -0.39 is 0 Å². The second kappa shape index (κ2) is 9.17. The molecule has 26 heavy (non-hydrogen) atoms. The van der Waals surface area contributed by atoms with Crippen molar-refractivity contribution in [2.24, 2.45) is 5.92 Å². The number of carbonyl (C=O) groups excluding carboxylic acids is 2. The van der Waals surface area contributed by atoms with E-state index in [0.717, 1.165) is 36.1 Å². The van der Waals surface area contributed by atoms with E-state index in [9.17, 15) is 9.59 Å². The fraction of sp³-hybridized carbons (Fsp3) is 0.556. The predicted octanol–water partition coefficient (Wildman–Crippen LogP) is 1.21. The molecule has 3 heterocycles. The van der Waals surface area contributed by atoms with Crippen LogP contribution in [0.2, 0.25) is 0 Å². The lowest BCUT2D eigenvalue weighted by atomic mass is 9.99. The third kappa shape index (κ3) is 5.18.